The first kappa shape index (κ1) is 8.45. The van der Waals surface area contributed by atoms with Gasteiger partial charge in [-0.2, -0.15) is 0 Å². The van der Waals surface area contributed by atoms with Crippen molar-refractivity contribution in [2.45, 2.75) is 13.5 Å². The summed E-state index contributed by atoms with van der Waals surface area (Å²) < 4.78 is 2.06. The molecule has 0 bridgehead atoms. The van der Waals surface area contributed by atoms with Gasteiger partial charge in [-0.3, -0.25) is 0 Å². The number of aryl methyl sites for hydroxylation is 1. The van der Waals surface area contributed by atoms with Gasteiger partial charge in [-0.05, 0) is 31.2 Å². The Bertz CT molecular complexity index is 445. The van der Waals surface area contributed by atoms with Crippen molar-refractivity contribution in [3.8, 4) is 0 Å². The molecule has 0 aliphatic heterocycles. The van der Waals surface area contributed by atoms with E-state index in [1.165, 1.54) is 0 Å². The van der Waals surface area contributed by atoms with E-state index in [9.17, 15) is 0 Å². The molecule has 0 saturated heterocycles. The third-order valence-corrected chi connectivity index (χ3v) is 2.45. The second-order valence-corrected chi connectivity index (χ2v) is 3.45. The van der Waals surface area contributed by atoms with Gasteiger partial charge in [0, 0.05) is 22.5 Å². The molecule has 1 aromatic carbocycles. The second-order valence-electron chi connectivity index (χ2n) is 3.02. The minimum atomic E-state index is 0.751. The molecule has 0 saturated carbocycles. The zero-order valence-corrected chi connectivity index (χ0v) is 8.17. The molecule has 2 aromatic rings. The molecule has 0 atom stereocenters. The summed E-state index contributed by atoms with van der Waals surface area (Å²) in [4.78, 5) is 0. The number of benzene rings is 1. The molecule has 0 aliphatic carbocycles. The lowest BCUT2D eigenvalue weighted by Gasteiger charge is -2.02. The van der Waals surface area contributed by atoms with Gasteiger partial charge in [0.25, 0.3) is 0 Å². The summed E-state index contributed by atoms with van der Waals surface area (Å²) in [6.07, 6.45) is 0. The summed E-state index contributed by atoms with van der Waals surface area (Å²) >= 11 is 5.87. The number of hydrogen-bond acceptors (Lipinski definition) is 1. The minimum absolute atomic E-state index is 0.751. The zero-order chi connectivity index (χ0) is 9.42. The summed E-state index contributed by atoms with van der Waals surface area (Å²) in [6.45, 7) is 2.96. The van der Waals surface area contributed by atoms with Crippen LogP contribution in [0.15, 0.2) is 24.3 Å². The third-order valence-electron chi connectivity index (χ3n) is 2.21. The van der Waals surface area contributed by atoms with E-state index in [1.807, 2.05) is 24.3 Å². The fraction of sp³-hybridized carbons (Fsp3) is 0.200. The van der Waals surface area contributed by atoms with E-state index in [2.05, 4.69) is 11.5 Å². The van der Waals surface area contributed by atoms with Gasteiger partial charge in [-0.25, -0.2) is 0 Å². The van der Waals surface area contributed by atoms with Gasteiger partial charge < -0.3 is 10.3 Å². The van der Waals surface area contributed by atoms with Crippen LogP contribution in [0, 0.1) is 0 Å². The number of nitrogens with zero attached hydrogens (tertiary/aromatic N) is 1. The lowest BCUT2D eigenvalue weighted by molar-refractivity contribution is 0.808. The lowest BCUT2D eigenvalue weighted by Crippen LogP contribution is -1.98. The summed E-state index contributed by atoms with van der Waals surface area (Å²) in [6, 6.07) is 7.76. The van der Waals surface area contributed by atoms with Crippen molar-refractivity contribution in [3.63, 3.8) is 0 Å². The van der Waals surface area contributed by atoms with Crippen molar-refractivity contribution in [1.29, 1.82) is 0 Å². The van der Waals surface area contributed by atoms with E-state index in [0.29, 0.717) is 0 Å². The molecule has 1 aromatic heterocycles. The lowest BCUT2D eigenvalue weighted by atomic mass is 10.2. The van der Waals surface area contributed by atoms with Crippen LogP contribution in [0.4, 0.5) is 5.82 Å². The zero-order valence-electron chi connectivity index (χ0n) is 7.42. The average Bonchev–Trinajstić information content (AvgIpc) is 2.39. The summed E-state index contributed by atoms with van der Waals surface area (Å²) in [5.74, 6) is 0.791. The second kappa shape index (κ2) is 2.96. The van der Waals surface area contributed by atoms with E-state index in [0.717, 1.165) is 28.3 Å². The monoisotopic (exact) mass is 194 g/mol. The highest BCUT2D eigenvalue weighted by atomic mass is 35.5. The largest absolute Gasteiger partial charge is 0.385 e. The van der Waals surface area contributed by atoms with Crippen LogP contribution >= 0.6 is 11.6 Å². The van der Waals surface area contributed by atoms with Crippen LogP contribution in [-0.2, 0) is 6.54 Å². The molecule has 3 heteroatoms. The van der Waals surface area contributed by atoms with Crippen molar-refractivity contribution in [1.82, 2.24) is 4.57 Å². The average molecular weight is 195 g/mol. The summed E-state index contributed by atoms with van der Waals surface area (Å²) in [5, 5.41) is 1.85. The van der Waals surface area contributed by atoms with Gasteiger partial charge in [0.15, 0.2) is 0 Å². The molecule has 0 aliphatic rings. The number of rotatable bonds is 1. The van der Waals surface area contributed by atoms with Gasteiger partial charge >= 0.3 is 0 Å². The van der Waals surface area contributed by atoms with Crippen LogP contribution in [-0.4, -0.2) is 4.57 Å². The number of nitrogen functional groups attached to an aromatic ring is 1. The molecule has 0 unspecified atom stereocenters. The summed E-state index contributed by atoms with van der Waals surface area (Å²) in [5.41, 5.74) is 6.98. The van der Waals surface area contributed by atoms with Gasteiger partial charge in [-0.1, -0.05) is 11.6 Å². The maximum absolute atomic E-state index is 5.87. The Morgan fingerprint density at radius 3 is 2.85 bits per heavy atom. The number of fused-ring (bicyclic) bond motifs is 1. The Morgan fingerprint density at radius 1 is 1.38 bits per heavy atom. The van der Waals surface area contributed by atoms with Crippen LogP contribution in [0.25, 0.3) is 10.9 Å². The molecule has 2 nitrogen and oxygen atoms in total. The van der Waals surface area contributed by atoms with Crippen molar-refractivity contribution >= 4 is 28.3 Å². The number of anilines is 1. The van der Waals surface area contributed by atoms with Gasteiger partial charge in [-0.15, -0.1) is 0 Å². The van der Waals surface area contributed by atoms with Crippen LogP contribution in [0.3, 0.4) is 0 Å². The molecule has 0 fully saturated rings. The van der Waals surface area contributed by atoms with Crippen LogP contribution in [0.5, 0.6) is 0 Å². The van der Waals surface area contributed by atoms with E-state index >= 15 is 0 Å². The molecule has 68 valence electrons. The standard InChI is InChI=1S/C10H11ClN2/c1-2-13-9-4-3-8(11)5-7(9)6-10(13)12/h3-6H,2,12H2,1H3. The number of aromatic nitrogens is 1. The Balaban J connectivity index is 2.79. The molecule has 2 N–H and O–H groups in total. The molecule has 0 radical (unpaired) electrons. The Kier molecular flexibility index (Phi) is 1.93. The van der Waals surface area contributed by atoms with Crippen LogP contribution in [0.2, 0.25) is 5.02 Å². The normalized spacial score (nSPS) is 10.9. The Morgan fingerprint density at radius 2 is 2.15 bits per heavy atom. The first-order valence-corrected chi connectivity index (χ1v) is 4.64. The number of nitrogens with two attached hydrogens (primary N) is 1. The number of halogens is 1. The van der Waals surface area contributed by atoms with Crippen LogP contribution < -0.4 is 5.73 Å². The predicted molar refractivity (Wildman–Crippen MR) is 57.0 cm³/mol. The maximum atomic E-state index is 5.87. The maximum Gasteiger partial charge on any atom is 0.104 e. The van der Waals surface area contributed by atoms with Gasteiger partial charge in [0.1, 0.15) is 5.82 Å². The topological polar surface area (TPSA) is 30.9 Å². The van der Waals surface area contributed by atoms with E-state index < -0.39 is 0 Å². The highest BCUT2D eigenvalue weighted by Gasteiger charge is 2.03. The van der Waals surface area contributed by atoms with Crippen molar-refractivity contribution in [2.24, 2.45) is 0 Å². The number of hydrogen-bond donors (Lipinski definition) is 1. The fourth-order valence-electron chi connectivity index (χ4n) is 1.62. The first-order valence-electron chi connectivity index (χ1n) is 4.26. The molecular formula is C10H11ClN2. The molecule has 0 spiro atoms. The first-order chi connectivity index (χ1) is 6.22. The summed E-state index contributed by atoms with van der Waals surface area (Å²) in [7, 11) is 0. The van der Waals surface area contributed by atoms with Gasteiger partial charge in [0.2, 0.25) is 0 Å². The van der Waals surface area contributed by atoms with E-state index in [4.69, 9.17) is 17.3 Å². The van der Waals surface area contributed by atoms with E-state index in [1.54, 1.807) is 0 Å². The van der Waals surface area contributed by atoms with Crippen LogP contribution in [0.1, 0.15) is 6.92 Å². The van der Waals surface area contributed by atoms with Crippen molar-refractivity contribution in [3.05, 3.63) is 29.3 Å². The Labute approximate surface area is 81.9 Å². The predicted octanol–water partition coefficient (Wildman–Crippen LogP) is 2.90. The smallest absolute Gasteiger partial charge is 0.104 e. The van der Waals surface area contributed by atoms with Gasteiger partial charge in [0.05, 0.1) is 0 Å². The van der Waals surface area contributed by atoms with E-state index in [-0.39, 0.29) is 0 Å². The molecule has 2 rings (SSSR count). The van der Waals surface area contributed by atoms with Crippen molar-refractivity contribution in [2.75, 3.05) is 5.73 Å². The molecular weight excluding hydrogens is 184 g/mol. The Hall–Kier alpha value is -1.15. The quantitative estimate of drug-likeness (QED) is 0.744. The van der Waals surface area contributed by atoms with Crippen molar-refractivity contribution < 1.29 is 0 Å². The minimum Gasteiger partial charge on any atom is -0.385 e. The molecule has 1 heterocycles. The highest BCUT2D eigenvalue weighted by Crippen LogP contribution is 2.24. The third kappa shape index (κ3) is 1.27. The molecule has 0 amide bonds. The fourth-order valence-corrected chi connectivity index (χ4v) is 1.80. The molecule has 13 heavy (non-hydrogen) atoms. The highest BCUT2D eigenvalue weighted by molar-refractivity contribution is 6.31. The SMILES string of the molecule is CCn1c(N)cc2cc(Cl)ccc21.